The summed E-state index contributed by atoms with van der Waals surface area (Å²) < 4.78 is 5.79. The number of hydrogen-bond donors (Lipinski definition) is 1. The molecule has 1 rings (SSSR count). The zero-order valence-electron chi connectivity index (χ0n) is 13.4. The van der Waals surface area contributed by atoms with E-state index in [1.807, 2.05) is 12.1 Å². The number of carbonyl (C=O) groups is 1. The Balaban J connectivity index is 2.82. The van der Waals surface area contributed by atoms with E-state index in [-0.39, 0.29) is 5.91 Å². The van der Waals surface area contributed by atoms with E-state index in [2.05, 4.69) is 19.2 Å². The van der Waals surface area contributed by atoms with Gasteiger partial charge in [0.15, 0.2) is 6.10 Å². The molecule has 1 N–H and O–H groups in total. The lowest BCUT2D eigenvalue weighted by molar-refractivity contribution is -0.135. The molecular formula is C16H25ClN2O2. The van der Waals surface area contributed by atoms with Gasteiger partial charge in [-0.25, -0.2) is 0 Å². The van der Waals surface area contributed by atoms with Crippen molar-refractivity contribution in [2.24, 2.45) is 5.92 Å². The van der Waals surface area contributed by atoms with Crippen molar-refractivity contribution in [1.82, 2.24) is 10.2 Å². The largest absolute Gasteiger partial charge is 0.479 e. The molecule has 4 nitrogen and oxygen atoms in total. The predicted octanol–water partition coefficient (Wildman–Crippen LogP) is 2.94. The number of nitrogens with zero attached hydrogens (tertiary/aromatic N) is 1. The lowest BCUT2D eigenvalue weighted by Crippen LogP contribution is -2.35. The molecule has 21 heavy (non-hydrogen) atoms. The van der Waals surface area contributed by atoms with E-state index in [4.69, 9.17) is 16.3 Å². The molecule has 0 saturated carbocycles. The number of hydrogen-bond acceptors (Lipinski definition) is 3. The SMILES string of the molecule is CC(C)CNCc1cccc(Cl)c1OC(C)C(=O)N(C)C. The summed E-state index contributed by atoms with van der Waals surface area (Å²) in [7, 11) is 3.42. The zero-order valence-corrected chi connectivity index (χ0v) is 14.2. The number of para-hydroxylation sites is 1. The summed E-state index contributed by atoms with van der Waals surface area (Å²) in [4.78, 5) is 13.4. The summed E-state index contributed by atoms with van der Waals surface area (Å²) in [5.41, 5.74) is 0.960. The van der Waals surface area contributed by atoms with Crippen molar-refractivity contribution in [3.05, 3.63) is 28.8 Å². The summed E-state index contributed by atoms with van der Waals surface area (Å²) in [5.74, 6) is 1.07. The minimum atomic E-state index is -0.566. The maximum absolute atomic E-state index is 11.9. The van der Waals surface area contributed by atoms with Crippen LogP contribution in [0.25, 0.3) is 0 Å². The molecule has 0 radical (unpaired) electrons. The molecule has 5 heteroatoms. The molecule has 1 amide bonds. The summed E-state index contributed by atoms with van der Waals surface area (Å²) in [5, 5.41) is 3.89. The van der Waals surface area contributed by atoms with Crippen LogP contribution < -0.4 is 10.1 Å². The molecule has 1 aromatic carbocycles. The van der Waals surface area contributed by atoms with Gasteiger partial charge in [-0.1, -0.05) is 37.6 Å². The Bertz CT molecular complexity index is 475. The number of nitrogens with one attached hydrogen (secondary N) is 1. The Labute approximate surface area is 132 Å². The van der Waals surface area contributed by atoms with Crippen LogP contribution in [0, 0.1) is 5.92 Å². The van der Waals surface area contributed by atoms with Crippen LogP contribution in [-0.4, -0.2) is 37.6 Å². The molecule has 0 fully saturated rings. The van der Waals surface area contributed by atoms with E-state index in [1.165, 1.54) is 4.90 Å². The third-order valence-corrected chi connectivity index (χ3v) is 3.30. The Hall–Kier alpha value is -1.26. The highest BCUT2D eigenvalue weighted by Crippen LogP contribution is 2.29. The Morgan fingerprint density at radius 1 is 1.33 bits per heavy atom. The van der Waals surface area contributed by atoms with Crippen LogP contribution in [0.1, 0.15) is 26.3 Å². The van der Waals surface area contributed by atoms with E-state index in [9.17, 15) is 4.79 Å². The maximum atomic E-state index is 11.9. The van der Waals surface area contributed by atoms with Gasteiger partial charge in [0.1, 0.15) is 5.75 Å². The van der Waals surface area contributed by atoms with E-state index < -0.39 is 6.10 Å². The predicted molar refractivity (Wildman–Crippen MR) is 86.8 cm³/mol. The molecular weight excluding hydrogens is 288 g/mol. The van der Waals surface area contributed by atoms with Gasteiger partial charge in [-0.15, -0.1) is 0 Å². The smallest absolute Gasteiger partial charge is 0.262 e. The lowest BCUT2D eigenvalue weighted by Gasteiger charge is -2.21. The molecule has 1 atom stereocenters. The highest BCUT2D eigenvalue weighted by molar-refractivity contribution is 6.32. The Kier molecular flexibility index (Phi) is 6.99. The van der Waals surface area contributed by atoms with Crippen molar-refractivity contribution in [2.45, 2.75) is 33.4 Å². The third-order valence-electron chi connectivity index (χ3n) is 3.00. The van der Waals surface area contributed by atoms with Gasteiger partial charge in [0, 0.05) is 26.2 Å². The molecule has 0 aliphatic rings. The van der Waals surface area contributed by atoms with E-state index in [1.54, 1.807) is 27.1 Å². The number of rotatable bonds is 7. The number of benzene rings is 1. The summed E-state index contributed by atoms with van der Waals surface area (Å²) in [6.07, 6.45) is -0.566. The first-order chi connectivity index (χ1) is 9.82. The lowest BCUT2D eigenvalue weighted by atomic mass is 10.1. The first-order valence-corrected chi connectivity index (χ1v) is 7.56. The molecule has 0 aliphatic heterocycles. The van der Waals surface area contributed by atoms with Crippen LogP contribution in [0.4, 0.5) is 0 Å². The molecule has 0 bridgehead atoms. The Morgan fingerprint density at radius 2 is 2.00 bits per heavy atom. The van der Waals surface area contributed by atoms with Gasteiger partial charge >= 0.3 is 0 Å². The first kappa shape index (κ1) is 17.8. The zero-order chi connectivity index (χ0) is 16.0. The molecule has 0 aliphatic carbocycles. The van der Waals surface area contributed by atoms with Crippen LogP contribution in [0.3, 0.4) is 0 Å². The second-order valence-electron chi connectivity index (χ2n) is 5.75. The van der Waals surface area contributed by atoms with Gasteiger partial charge in [0.05, 0.1) is 5.02 Å². The molecule has 0 aromatic heterocycles. The van der Waals surface area contributed by atoms with Crippen LogP contribution in [0.2, 0.25) is 5.02 Å². The van der Waals surface area contributed by atoms with Crippen molar-refractivity contribution >= 4 is 17.5 Å². The van der Waals surface area contributed by atoms with Gasteiger partial charge in [-0.05, 0) is 25.5 Å². The second-order valence-corrected chi connectivity index (χ2v) is 6.15. The highest BCUT2D eigenvalue weighted by atomic mass is 35.5. The van der Waals surface area contributed by atoms with Crippen molar-refractivity contribution in [1.29, 1.82) is 0 Å². The highest BCUT2D eigenvalue weighted by Gasteiger charge is 2.19. The van der Waals surface area contributed by atoms with Crippen molar-refractivity contribution in [3.63, 3.8) is 0 Å². The average Bonchev–Trinajstić information content (AvgIpc) is 2.40. The van der Waals surface area contributed by atoms with Crippen molar-refractivity contribution in [3.8, 4) is 5.75 Å². The van der Waals surface area contributed by atoms with E-state index in [0.717, 1.165) is 12.1 Å². The van der Waals surface area contributed by atoms with Gasteiger partial charge in [-0.3, -0.25) is 4.79 Å². The fourth-order valence-electron chi connectivity index (χ4n) is 1.91. The standard InChI is InChI=1S/C16H25ClN2O2/c1-11(2)9-18-10-13-7-6-8-14(17)15(13)21-12(3)16(20)19(4)5/h6-8,11-12,18H,9-10H2,1-5H3. The van der Waals surface area contributed by atoms with Crippen LogP contribution in [0.5, 0.6) is 5.75 Å². The first-order valence-electron chi connectivity index (χ1n) is 7.18. The summed E-state index contributed by atoms with van der Waals surface area (Å²) >= 11 is 6.22. The van der Waals surface area contributed by atoms with Gasteiger partial charge in [0.2, 0.25) is 0 Å². The fourth-order valence-corrected chi connectivity index (χ4v) is 2.15. The Morgan fingerprint density at radius 3 is 2.57 bits per heavy atom. The van der Waals surface area contributed by atoms with E-state index in [0.29, 0.717) is 23.2 Å². The quantitative estimate of drug-likeness (QED) is 0.841. The van der Waals surface area contributed by atoms with Gasteiger partial charge in [0.25, 0.3) is 5.91 Å². The minimum Gasteiger partial charge on any atom is -0.479 e. The molecule has 0 spiro atoms. The molecule has 118 valence electrons. The molecule has 0 saturated heterocycles. The van der Waals surface area contributed by atoms with Gasteiger partial charge in [-0.2, -0.15) is 0 Å². The van der Waals surface area contributed by atoms with E-state index >= 15 is 0 Å². The molecule has 1 aromatic rings. The summed E-state index contributed by atoms with van der Waals surface area (Å²) in [6, 6.07) is 5.62. The average molecular weight is 313 g/mol. The topological polar surface area (TPSA) is 41.6 Å². The number of amides is 1. The number of carbonyl (C=O) groups excluding carboxylic acids is 1. The molecule has 1 unspecified atom stereocenters. The van der Waals surface area contributed by atoms with Crippen molar-refractivity contribution in [2.75, 3.05) is 20.6 Å². The van der Waals surface area contributed by atoms with Crippen LogP contribution in [0.15, 0.2) is 18.2 Å². The number of halogens is 1. The van der Waals surface area contributed by atoms with Crippen molar-refractivity contribution < 1.29 is 9.53 Å². The minimum absolute atomic E-state index is 0.0870. The van der Waals surface area contributed by atoms with Gasteiger partial charge < -0.3 is 15.0 Å². The molecule has 0 heterocycles. The maximum Gasteiger partial charge on any atom is 0.262 e. The normalized spacial score (nSPS) is 12.3. The number of ether oxygens (including phenoxy) is 1. The number of likely N-dealkylation sites (N-methyl/N-ethyl adjacent to an activating group) is 1. The third kappa shape index (κ3) is 5.56. The second kappa shape index (κ2) is 8.25. The fraction of sp³-hybridized carbons (Fsp3) is 0.562. The summed E-state index contributed by atoms with van der Waals surface area (Å²) in [6.45, 7) is 7.62. The van der Waals surface area contributed by atoms with Crippen LogP contribution >= 0.6 is 11.6 Å². The monoisotopic (exact) mass is 312 g/mol. The van der Waals surface area contributed by atoms with Crippen LogP contribution in [-0.2, 0) is 11.3 Å².